The van der Waals surface area contributed by atoms with Crippen LogP contribution in [0.25, 0.3) is 0 Å². The van der Waals surface area contributed by atoms with Crippen LogP contribution in [0.3, 0.4) is 0 Å². The molecular weight excluding hydrogens is 326 g/mol. The third kappa shape index (κ3) is 4.02. The fourth-order valence-corrected chi connectivity index (χ4v) is 1.78. The van der Waals surface area contributed by atoms with Crippen molar-refractivity contribution in [1.29, 1.82) is 0 Å². The minimum atomic E-state index is -4.97. The van der Waals surface area contributed by atoms with E-state index < -0.39 is 29.2 Å². The van der Waals surface area contributed by atoms with E-state index in [9.17, 15) is 31.1 Å². The summed E-state index contributed by atoms with van der Waals surface area (Å²) in [6, 6.07) is 6.37. The van der Waals surface area contributed by atoms with Crippen LogP contribution >= 0.6 is 0 Å². The number of rotatable bonds is 3. The summed E-state index contributed by atoms with van der Waals surface area (Å²) in [5.41, 5.74) is -2.99. The molecule has 0 radical (unpaired) electrons. The number of ether oxygens (including phenoxy) is 1. The second-order valence-corrected chi connectivity index (χ2v) is 4.50. The van der Waals surface area contributed by atoms with Crippen LogP contribution in [0.1, 0.15) is 21.5 Å². The molecule has 0 aromatic heterocycles. The van der Waals surface area contributed by atoms with Gasteiger partial charge in [0.15, 0.2) is 6.29 Å². The lowest BCUT2D eigenvalue weighted by Gasteiger charge is -2.15. The Morgan fingerprint density at radius 3 is 1.83 bits per heavy atom. The molecule has 0 N–H and O–H groups in total. The number of halogens is 6. The monoisotopic (exact) mass is 334 g/mol. The van der Waals surface area contributed by atoms with E-state index in [0.717, 1.165) is 0 Å². The molecule has 2 aromatic rings. The molecule has 0 atom stereocenters. The van der Waals surface area contributed by atoms with Crippen LogP contribution < -0.4 is 4.74 Å². The Balaban J connectivity index is 2.51. The van der Waals surface area contributed by atoms with Gasteiger partial charge in [0.2, 0.25) is 0 Å². The Labute approximate surface area is 126 Å². The van der Waals surface area contributed by atoms with Crippen LogP contribution in [0.15, 0.2) is 42.5 Å². The highest BCUT2D eigenvalue weighted by molar-refractivity contribution is 5.79. The van der Waals surface area contributed by atoms with Crippen molar-refractivity contribution in [3.05, 3.63) is 59.2 Å². The Morgan fingerprint density at radius 2 is 1.35 bits per heavy atom. The van der Waals surface area contributed by atoms with Gasteiger partial charge in [0.25, 0.3) is 0 Å². The molecule has 23 heavy (non-hydrogen) atoms. The molecule has 0 aliphatic carbocycles. The Bertz CT molecular complexity index is 686. The van der Waals surface area contributed by atoms with E-state index in [1.54, 1.807) is 0 Å². The van der Waals surface area contributed by atoms with Gasteiger partial charge in [-0.05, 0) is 30.3 Å². The molecule has 2 rings (SSSR count). The van der Waals surface area contributed by atoms with Gasteiger partial charge in [0, 0.05) is 0 Å². The zero-order valence-electron chi connectivity index (χ0n) is 11.2. The number of carbonyl (C=O) groups is 1. The van der Waals surface area contributed by atoms with E-state index in [2.05, 4.69) is 0 Å². The number of aldehydes is 1. The minimum Gasteiger partial charge on any atom is -0.457 e. The van der Waals surface area contributed by atoms with Gasteiger partial charge in [0.1, 0.15) is 11.5 Å². The number of carbonyl (C=O) groups excluding carboxylic acids is 1. The van der Waals surface area contributed by atoms with Crippen molar-refractivity contribution in [2.75, 3.05) is 0 Å². The number of benzene rings is 2. The first-order valence-electron chi connectivity index (χ1n) is 6.13. The summed E-state index contributed by atoms with van der Waals surface area (Å²) < 4.78 is 81.5. The summed E-state index contributed by atoms with van der Waals surface area (Å²) in [5, 5.41) is 0. The van der Waals surface area contributed by atoms with E-state index in [1.807, 2.05) is 0 Å². The molecule has 8 heteroatoms. The van der Waals surface area contributed by atoms with Gasteiger partial charge < -0.3 is 4.74 Å². The molecule has 0 saturated heterocycles. The van der Waals surface area contributed by atoms with E-state index in [1.165, 1.54) is 24.3 Å². The lowest BCUT2D eigenvalue weighted by Crippen LogP contribution is -2.11. The zero-order chi connectivity index (χ0) is 17.3. The topological polar surface area (TPSA) is 26.3 Å². The van der Waals surface area contributed by atoms with Crippen LogP contribution in [-0.4, -0.2) is 6.29 Å². The SMILES string of the molecule is O=Cc1ccccc1Oc1cc(C(F)(F)F)cc(C(F)(F)F)c1. The van der Waals surface area contributed by atoms with Crippen LogP contribution in [0.5, 0.6) is 11.5 Å². The predicted molar refractivity (Wildman–Crippen MR) is 68.3 cm³/mol. The third-order valence-corrected chi connectivity index (χ3v) is 2.83. The lowest BCUT2D eigenvalue weighted by atomic mass is 10.1. The molecule has 0 fully saturated rings. The molecule has 0 bridgehead atoms. The van der Waals surface area contributed by atoms with Gasteiger partial charge in [-0.3, -0.25) is 4.79 Å². The molecule has 122 valence electrons. The number of hydrogen-bond acceptors (Lipinski definition) is 2. The van der Waals surface area contributed by atoms with Crippen LogP contribution in [0, 0.1) is 0 Å². The second kappa shape index (κ2) is 5.94. The van der Waals surface area contributed by atoms with Crippen molar-refractivity contribution in [2.45, 2.75) is 12.4 Å². The van der Waals surface area contributed by atoms with Crippen molar-refractivity contribution >= 4 is 6.29 Å². The van der Waals surface area contributed by atoms with Crippen LogP contribution in [-0.2, 0) is 12.4 Å². The van der Waals surface area contributed by atoms with Gasteiger partial charge in [-0.15, -0.1) is 0 Å². The summed E-state index contributed by atoms with van der Waals surface area (Å²) in [7, 11) is 0. The summed E-state index contributed by atoms with van der Waals surface area (Å²) >= 11 is 0. The summed E-state index contributed by atoms with van der Waals surface area (Å²) in [4.78, 5) is 10.8. The standard InChI is InChI=1S/C15H8F6O2/c16-14(17,18)10-5-11(15(19,20)21)7-12(6-10)23-13-4-2-1-3-9(13)8-22/h1-8H. The normalized spacial score (nSPS) is 12.1. The molecule has 0 heterocycles. The second-order valence-electron chi connectivity index (χ2n) is 4.50. The highest BCUT2D eigenvalue weighted by Gasteiger charge is 2.37. The highest BCUT2D eigenvalue weighted by atomic mass is 19.4. The average molecular weight is 334 g/mol. The molecule has 0 saturated carbocycles. The Hall–Kier alpha value is -2.51. The first kappa shape index (κ1) is 16.9. The van der Waals surface area contributed by atoms with E-state index in [0.29, 0.717) is 18.4 Å². The van der Waals surface area contributed by atoms with Gasteiger partial charge >= 0.3 is 12.4 Å². The molecule has 0 spiro atoms. The highest BCUT2D eigenvalue weighted by Crippen LogP contribution is 2.39. The van der Waals surface area contributed by atoms with E-state index in [-0.39, 0.29) is 17.4 Å². The average Bonchev–Trinajstić information content (AvgIpc) is 2.45. The van der Waals surface area contributed by atoms with Gasteiger partial charge in [0.05, 0.1) is 16.7 Å². The predicted octanol–water partition coefficient (Wildman–Crippen LogP) is 5.33. The molecular formula is C15H8F6O2. The molecule has 0 aliphatic rings. The fraction of sp³-hybridized carbons (Fsp3) is 0.133. The quantitative estimate of drug-likeness (QED) is 0.560. The van der Waals surface area contributed by atoms with E-state index >= 15 is 0 Å². The Kier molecular flexibility index (Phi) is 4.35. The van der Waals surface area contributed by atoms with Gasteiger partial charge in [-0.1, -0.05) is 12.1 Å². The molecule has 2 nitrogen and oxygen atoms in total. The van der Waals surface area contributed by atoms with Crippen LogP contribution in [0.4, 0.5) is 26.3 Å². The maximum Gasteiger partial charge on any atom is 0.416 e. The van der Waals surface area contributed by atoms with Crippen molar-refractivity contribution in [3.8, 4) is 11.5 Å². The van der Waals surface area contributed by atoms with Gasteiger partial charge in [-0.2, -0.15) is 26.3 Å². The molecule has 0 aliphatic heterocycles. The van der Waals surface area contributed by atoms with Crippen LogP contribution in [0.2, 0.25) is 0 Å². The van der Waals surface area contributed by atoms with Crippen molar-refractivity contribution < 1.29 is 35.9 Å². The number of hydrogen-bond donors (Lipinski definition) is 0. The van der Waals surface area contributed by atoms with Crippen molar-refractivity contribution in [2.24, 2.45) is 0 Å². The van der Waals surface area contributed by atoms with Crippen molar-refractivity contribution in [1.82, 2.24) is 0 Å². The first-order chi connectivity index (χ1) is 10.6. The summed E-state index contributed by atoms with van der Waals surface area (Å²) in [5.74, 6) is -0.809. The maximum atomic E-state index is 12.7. The fourth-order valence-electron chi connectivity index (χ4n) is 1.78. The Morgan fingerprint density at radius 1 is 0.826 bits per heavy atom. The smallest absolute Gasteiger partial charge is 0.416 e. The zero-order valence-corrected chi connectivity index (χ0v) is 11.2. The van der Waals surface area contributed by atoms with E-state index in [4.69, 9.17) is 4.74 Å². The minimum absolute atomic E-state index is 0.00142. The largest absolute Gasteiger partial charge is 0.457 e. The number of alkyl halides is 6. The lowest BCUT2D eigenvalue weighted by molar-refractivity contribution is -0.143. The van der Waals surface area contributed by atoms with Crippen molar-refractivity contribution in [3.63, 3.8) is 0 Å². The summed E-state index contributed by atoms with van der Waals surface area (Å²) in [6.07, 6.45) is -9.55. The first-order valence-corrected chi connectivity index (χ1v) is 6.13. The molecule has 0 unspecified atom stereocenters. The number of para-hydroxylation sites is 1. The summed E-state index contributed by atoms with van der Waals surface area (Å²) in [6.45, 7) is 0. The maximum absolute atomic E-state index is 12.7. The third-order valence-electron chi connectivity index (χ3n) is 2.83. The molecule has 0 amide bonds. The van der Waals surface area contributed by atoms with Gasteiger partial charge in [-0.25, -0.2) is 0 Å². The molecule has 2 aromatic carbocycles.